The van der Waals surface area contributed by atoms with Crippen molar-refractivity contribution < 1.29 is 14.4 Å². The average molecular weight is 496 g/mol. The minimum absolute atomic E-state index is 0.245. The van der Waals surface area contributed by atoms with E-state index in [1.807, 2.05) is 73.8 Å². The lowest BCUT2D eigenvalue weighted by atomic mass is 10.0. The molecule has 0 radical (unpaired) electrons. The number of hydrogen-bond donors (Lipinski definition) is 1. The van der Waals surface area contributed by atoms with Crippen molar-refractivity contribution in [2.75, 3.05) is 0 Å². The van der Waals surface area contributed by atoms with Gasteiger partial charge in [-0.1, -0.05) is 74.5 Å². The first-order valence-corrected chi connectivity index (χ1v) is 12.7. The second-order valence-electron chi connectivity index (χ2n) is 9.04. The van der Waals surface area contributed by atoms with Gasteiger partial charge < -0.3 is 5.32 Å². The van der Waals surface area contributed by atoms with Gasteiger partial charge in [0.2, 0.25) is 5.91 Å². The molecular formula is C29H25N3O3S. The fraction of sp³-hybridized carbons (Fsp3) is 0.172. The maximum atomic E-state index is 13.2. The maximum absolute atomic E-state index is 13.2. The molecule has 1 aromatic heterocycles. The van der Waals surface area contributed by atoms with Crippen LogP contribution in [0.1, 0.15) is 40.1 Å². The average Bonchev–Trinajstić information content (AvgIpc) is 3.49. The standard InChI is InChI=1S/C29H25N3O3S/c1-18(2)25(32-28(34)22-13-6-7-14-23(22)29(32)35)26(33)30-16-19-9-8-12-21(15-19)27-31-24(17-36-27)20-10-4-3-5-11-20/h3-15,17-18,25H,16H2,1-2H3,(H,30,33). The molecule has 1 aliphatic heterocycles. The number of rotatable bonds is 7. The van der Waals surface area contributed by atoms with Gasteiger partial charge in [0.15, 0.2) is 0 Å². The molecule has 0 bridgehead atoms. The second kappa shape index (κ2) is 9.87. The van der Waals surface area contributed by atoms with Gasteiger partial charge in [-0.05, 0) is 29.7 Å². The first-order chi connectivity index (χ1) is 17.4. The Hall–Kier alpha value is -4.10. The van der Waals surface area contributed by atoms with Crippen LogP contribution in [0.5, 0.6) is 0 Å². The Morgan fingerprint density at radius 3 is 2.19 bits per heavy atom. The van der Waals surface area contributed by atoms with Crippen molar-refractivity contribution in [3.8, 4) is 21.8 Å². The van der Waals surface area contributed by atoms with Gasteiger partial charge in [-0.2, -0.15) is 0 Å². The number of nitrogens with one attached hydrogen (secondary N) is 1. The highest BCUT2D eigenvalue weighted by Gasteiger charge is 2.43. The van der Waals surface area contributed by atoms with Crippen LogP contribution >= 0.6 is 11.3 Å². The largest absolute Gasteiger partial charge is 0.350 e. The van der Waals surface area contributed by atoms with Crippen molar-refractivity contribution in [1.29, 1.82) is 0 Å². The molecule has 1 unspecified atom stereocenters. The van der Waals surface area contributed by atoms with Crippen LogP contribution < -0.4 is 5.32 Å². The van der Waals surface area contributed by atoms with E-state index in [9.17, 15) is 14.4 Å². The number of thiazole rings is 1. The number of carbonyl (C=O) groups is 3. The summed E-state index contributed by atoms with van der Waals surface area (Å²) in [5, 5.41) is 5.87. The van der Waals surface area contributed by atoms with Crippen LogP contribution in [0.15, 0.2) is 84.2 Å². The summed E-state index contributed by atoms with van der Waals surface area (Å²) in [6.07, 6.45) is 0. The van der Waals surface area contributed by atoms with E-state index in [1.54, 1.807) is 35.6 Å². The SMILES string of the molecule is CC(C)C(C(=O)NCc1cccc(-c2nc(-c3ccccc3)cs2)c1)N1C(=O)c2ccccc2C1=O. The smallest absolute Gasteiger partial charge is 0.262 e. The third-order valence-electron chi connectivity index (χ3n) is 6.22. The lowest BCUT2D eigenvalue weighted by Crippen LogP contribution is -2.52. The molecule has 3 amide bonds. The van der Waals surface area contributed by atoms with E-state index in [0.717, 1.165) is 32.3 Å². The molecule has 0 spiro atoms. The van der Waals surface area contributed by atoms with Crippen LogP contribution in [-0.2, 0) is 11.3 Å². The molecule has 0 fully saturated rings. The number of aromatic nitrogens is 1. The van der Waals surface area contributed by atoms with Crippen LogP contribution in [0, 0.1) is 5.92 Å². The number of carbonyl (C=O) groups excluding carboxylic acids is 3. The van der Waals surface area contributed by atoms with E-state index < -0.39 is 17.9 Å². The number of imide groups is 1. The summed E-state index contributed by atoms with van der Waals surface area (Å²) in [4.78, 5) is 45.0. The van der Waals surface area contributed by atoms with Crippen LogP contribution in [0.25, 0.3) is 21.8 Å². The van der Waals surface area contributed by atoms with Gasteiger partial charge in [-0.15, -0.1) is 11.3 Å². The summed E-state index contributed by atoms with van der Waals surface area (Å²) in [6.45, 7) is 3.94. The minimum Gasteiger partial charge on any atom is -0.350 e. The lowest BCUT2D eigenvalue weighted by Gasteiger charge is -2.28. The van der Waals surface area contributed by atoms with E-state index in [2.05, 4.69) is 5.32 Å². The Morgan fingerprint density at radius 2 is 1.53 bits per heavy atom. The third kappa shape index (κ3) is 4.45. The van der Waals surface area contributed by atoms with E-state index in [0.29, 0.717) is 11.1 Å². The molecule has 1 aliphatic rings. The van der Waals surface area contributed by atoms with Crippen molar-refractivity contribution in [2.24, 2.45) is 5.92 Å². The Bertz CT molecular complexity index is 1410. The van der Waals surface area contributed by atoms with Gasteiger partial charge in [0, 0.05) is 23.1 Å². The molecule has 4 aromatic rings. The highest BCUT2D eigenvalue weighted by Crippen LogP contribution is 2.30. The summed E-state index contributed by atoms with van der Waals surface area (Å²) < 4.78 is 0. The first kappa shape index (κ1) is 23.6. The van der Waals surface area contributed by atoms with Crippen molar-refractivity contribution >= 4 is 29.1 Å². The molecule has 36 heavy (non-hydrogen) atoms. The van der Waals surface area contributed by atoms with Crippen molar-refractivity contribution in [3.63, 3.8) is 0 Å². The van der Waals surface area contributed by atoms with Gasteiger partial charge >= 0.3 is 0 Å². The number of nitrogens with zero attached hydrogens (tertiary/aromatic N) is 2. The predicted octanol–water partition coefficient (Wildman–Crippen LogP) is 5.41. The van der Waals surface area contributed by atoms with E-state index in [4.69, 9.17) is 4.98 Å². The Morgan fingerprint density at radius 1 is 0.889 bits per heavy atom. The molecule has 0 saturated heterocycles. The highest BCUT2D eigenvalue weighted by molar-refractivity contribution is 7.13. The summed E-state index contributed by atoms with van der Waals surface area (Å²) in [5.41, 5.74) is 4.54. The van der Waals surface area contributed by atoms with Crippen LogP contribution in [0.4, 0.5) is 0 Å². The molecule has 3 aromatic carbocycles. The summed E-state index contributed by atoms with van der Waals surface area (Å²) >= 11 is 1.57. The Labute approximate surface area is 213 Å². The molecule has 1 atom stereocenters. The number of hydrogen-bond acceptors (Lipinski definition) is 5. The second-order valence-corrected chi connectivity index (χ2v) is 9.89. The maximum Gasteiger partial charge on any atom is 0.262 e. The van der Waals surface area contributed by atoms with E-state index in [1.165, 1.54) is 0 Å². The van der Waals surface area contributed by atoms with Gasteiger partial charge in [0.1, 0.15) is 11.0 Å². The van der Waals surface area contributed by atoms with E-state index in [-0.39, 0.29) is 18.4 Å². The first-order valence-electron chi connectivity index (χ1n) is 11.8. The summed E-state index contributed by atoms with van der Waals surface area (Å²) in [5.74, 6) is -1.45. The molecule has 0 aliphatic carbocycles. The predicted molar refractivity (Wildman–Crippen MR) is 140 cm³/mol. The number of fused-ring (bicyclic) bond motifs is 1. The molecule has 1 N–H and O–H groups in total. The van der Waals surface area contributed by atoms with Gasteiger partial charge in [0.25, 0.3) is 11.8 Å². The van der Waals surface area contributed by atoms with Crippen LogP contribution in [0.2, 0.25) is 0 Å². The number of amides is 3. The third-order valence-corrected chi connectivity index (χ3v) is 7.11. The van der Waals surface area contributed by atoms with Crippen molar-refractivity contribution in [3.05, 3.63) is 101 Å². The minimum atomic E-state index is -0.895. The lowest BCUT2D eigenvalue weighted by molar-refractivity contribution is -0.126. The normalized spacial score (nSPS) is 13.7. The topological polar surface area (TPSA) is 79.4 Å². The van der Waals surface area contributed by atoms with Gasteiger partial charge in [-0.25, -0.2) is 4.98 Å². The Balaban J connectivity index is 1.31. The molecule has 180 valence electrons. The zero-order valence-electron chi connectivity index (χ0n) is 20.0. The fourth-order valence-corrected chi connectivity index (χ4v) is 5.26. The zero-order chi connectivity index (χ0) is 25.2. The van der Waals surface area contributed by atoms with Gasteiger partial charge in [-0.3, -0.25) is 19.3 Å². The monoisotopic (exact) mass is 495 g/mol. The molecule has 6 nitrogen and oxygen atoms in total. The number of benzene rings is 3. The summed E-state index contributed by atoms with van der Waals surface area (Å²) in [6, 6.07) is 23.7. The molecular weight excluding hydrogens is 470 g/mol. The van der Waals surface area contributed by atoms with Crippen molar-refractivity contribution in [2.45, 2.75) is 26.4 Å². The quantitative estimate of drug-likeness (QED) is 0.348. The Kier molecular flexibility index (Phi) is 6.48. The molecule has 0 saturated carbocycles. The molecule has 5 rings (SSSR count). The zero-order valence-corrected chi connectivity index (χ0v) is 20.8. The van der Waals surface area contributed by atoms with E-state index >= 15 is 0 Å². The highest BCUT2D eigenvalue weighted by atomic mass is 32.1. The molecule has 2 heterocycles. The summed E-state index contributed by atoms with van der Waals surface area (Å²) in [7, 11) is 0. The van der Waals surface area contributed by atoms with Crippen molar-refractivity contribution in [1.82, 2.24) is 15.2 Å². The van der Waals surface area contributed by atoms with Crippen LogP contribution in [0.3, 0.4) is 0 Å². The van der Waals surface area contributed by atoms with Gasteiger partial charge in [0.05, 0.1) is 16.8 Å². The fourth-order valence-electron chi connectivity index (χ4n) is 4.43. The molecule has 7 heteroatoms. The van der Waals surface area contributed by atoms with Crippen LogP contribution in [-0.4, -0.2) is 33.6 Å².